The quantitative estimate of drug-likeness (QED) is 0.540. The molecule has 2 amide bonds. The second-order valence-corrected chi connectivity index (χ2v) is 11.9. The second kappa shape index (κ2) is 10.8. The zero-order chi connectivity index (χ0) is 25.8. The van der Waals surface area contributed by atoms with Crippen LogP contribution in [0.1, 0.15) is 77.6 Å². The van der Waals surface area contributed by atoms with Crippen molar-refractivity contribution in [3.63, 3.8) is 0 Å². The van der Waals surface area contributed by atoms with E-state index in [9.17, 15) is 14.7 Å². The molecule has 2 aromatic rings. The van der Waals surface area contributed by atoms with Gasteiger partial charge in [-0.2, -0.15) is 0 Å². The predicted molar refractivity (Wildman–Crippen MR) is 136 cm³/mol. The van der Waals surface area contributed by atoms with Gasteiger partial charge in [0.05, 0.1) is 6.04 Å². The number of likely N-dealkylation sites (N-methyl/N-ethyl adjacent to an activating group) is 1. The smallest absolute Gasteiger partial charge is 0.410 e. The number of benzene rings is 1. The highest BCUT2D eigenvalue weighted by molar-refractivity contribution is 7.09. The van der Waals surface area contributed by atoms with Crippen LogP contribution in [0.5, 0.6) is 5.75 Å². The largest absolute Gasteiger partial charge is 0.508 e. The van der Waals surface area contributed by atoms with Crippen LogP contribution < -0.4 is 5.32 Å². The Balaban J connectivity index is 2.31. The van der Waals surface area contributed by atoms with Gasteiger partial charge in [-0.25, -0.2) is 9.78 Å². The molecule has 2 unspecified atom stereocenters. The van der Waals surface area contributed by atoms with Crippen molar-refractivity contribution in [2.45, 2.75) is 84.9 Å². The molecule has 0 aliphatic carbocycles. The number of hydrogen-bond donors (Lipinski definition) is 2. The van der Waals surface area contributed by atoms with Crippen molar-refractivity contribution in [1.29, 1.82) is 0 Å². The Morgan fingerprint density at radius 1 is 1.18 bits per heavy atom. The number of aromatic nitrogens is 1. The third-order valence-electron chi connectivity index (χ3n) is 5.37. The number of hydrogen-bond acceptors (Lipinski definition) is 6. The number of thiazole rings is 1. The number of carbonyl (C=O) groups excluding carboxylic acids is 2. The van der Waals surface area contributed by atoms with Gasteiger partial charge in [-0.3, -0.25) is 9.69 Å². The summed E-state index contributed by atoms with van der Waals surface area (Å²) in [6.45, 7) is 15.3. The maximum atomic E-state index is 13.4. The molecular formula is C26H39N3O4S. The predicted octanol–water partition coefficient (Wildman–Crippen LogP) is 5.44. The summed E-state index contributed by atoms with van der Waals surface area (Å²) in [5.41, 5.74) is 0.943. The molecule has 2 atom stereocenters. The van der Waals surface area contributed by atoms with Crippen molar-refractivity contribution < 1.29 is 19.4 Å². The molecule has 0 aliphatic rings. The number of phenolic OH excluding ortho intramolecular Hbond substituents is 1. The molecule has 2 rings (SSSR count). The van der Waals surface area contributed by atoms with Gasteiger partial charge in [-0.05, 0) is 55.7 Å². The van der Waals surface area contributed by atoms with Crippen LogP contribution in [0.4, 0.5) is 4.79 Å². The SMILES string of the molecule is CC(C)C(C(=O)NC(Cc1ccc(O)c(C(C)(C)C)c1)c1nccs1)N(C)C(=O)OC(C)(C)C. The topological polar surface area (TPSA) is 91.8 Å². The van der Waals surface area contributed by atoms with Gasteiger partial charge < -0.3 is 15.2 Å². The molecule has 8 heteroatoms. The van der Waals surface area contributed by atoms with Crippen LogP contribution in [0.15, 0.2) is 29.8 Å². The fraction of sp³-hybridized carbons (Fsp3) is 0.577. The molecule has 1 heterocycles. The highest BCUT2D eigenvalue weighted by Gasteiger charge is 2.34. The van der Waals surface area contributed by atoms with Crippen molar-refractivity contribution in [2.75, 3.05) is 7.05 Å². The molecule has 7 nitrogen and oxygen atoms in total. The number of phenols is 1. The van der Waals surface area contributed by atoms with Crippen LogP contribution in [0.25, 0.3) is 0 Å². The molecule has 34 heavy (non-hydrogen) atoms. The minimum Gasteiger partial charge on any atom is -0.508 e. The monoisotopic (exact) mass is 489 g/mol. The van der Waals surface area contributed by atoms with Crippen LogP contribution in [0.2, 0.25) is 0 Å². The lowest BCUT2D eigenvalue weighted by atomic mass is 9.85. The molecular weight excluding hydrogens is 450 g/mol. The first-order chi connectivity index (χ1) is 15.6. The highest BCUT2D eigenvalue weighted by atomic mass is 32.1. The Morgan fingerprint density at radius 3 is 2.32 bits per heavy atom. The summed E-state index contributed by atoms with van der Waals surface area (Å²) < 4.78 is 5.48. The summed E-state index contributed by atoms with van der Waals surface area (Å²) in [7, 11) is 1.59. The van der Waals surface area contributed by atoms with Gasteiger partial charge in [0, 0.05) is 18.6 Å². The molecule has 2 N–H and O–H groups in total. The standard InChI is InChI=1S/C26H39N3O4S/c1-16(2)21(29(9)24(32)33-26(6,7)8)22(31)28-19(23-27-12-13-34-23)15-17-10-11-20(30)18(14-17)25(3,4)5/h10-14,16,19,21,30H,15H2,1-9H3,(H,28,31). The zero-order valence-corrected chi connectivity index (χ0v) is 22.6. The van der Waals surface area contributed by atoms with E-state index in [4.69, 9.17) is 4.74 Å². The van der Waals surface area contributed by atoms with E-state index < -0.39 is 17.7 Å². The zero-order valence-electron chi connectivity index (χ0n) is 21.8. The Kier molecular flexibility index (Phi) is 8.75. The van der Waals surface area contributed by atoms with Gasteiger partial charge in [0.1, 0.15) is 22.4 Å². The lowest BCUT2D eigenvalue weighted by Crippen LogP contribution is -2.52. The Bertz CT molecular complexity index is 975. The molecule has 0 saturated carbocycles. The molecule has 0 spiro atoms. The molecule has 0 saturated heterocycles. The van der Waals surface area contributed by atoms with E-state index >= 15 is 0 Å². The van der Waals surface area contributed by atoms with Crippen molar-refractivity contribution in [3.8, 4) is 5.75 Å². The number of aromatic hydroxyl groups is 1. The molecule has 0 bridgehead atoms. The number of nitrogens with zero attached hydrogens (tertiary/aromatic N) is 2. The first-order valence-electron chi connectivity index (χ1n) is 11.6. The van der Waals surface area contributed by atoms with Crippen molar-refractivity contribution in [2.24, 2.45) is 5.92 Å². The average molecular weight is 490 g/mol. The lowest BCUT2D eigenvalue weighted by Gasteiger charge is -2.33. The average Bonchev–Trinajstić information content (AvgIpc) is 3.21. The number of ether oxygens (including phenoxy) is 1. The molecule has 0 aliphatic heterocycles. The van der Waals surface area contributed by atoms with Gasteiger partial charge in [-0.1, -0.05) is 46.8 Å². The number of rotatable bonds is 7. The summed E-state index contributed by atoms with van der Waals surface area (Å²) in [6, 6.07) is 4.46. The van der Waals surface area contributed by atoms with Gasteiger partial charge in [0.15, 0.2) is 0 Å². The Hall–Kier alpha value is -2.61. The van der Waals surface area contributed by atoms with Gasteiger partial charge >= 0.3 is 6.09 Å². The summed E-state index contributed by atoms with van der Waals surface area (Å²) in [5, 5.41) is 16.1. The summed E-state index contributed by atoms with van der Waals surface area (Å²) >= 11 is 1.47. The fourth-order valence-corrected chi connectivity index (χ4v) is 4.47. The molecule has 0 radical (unpaired) electrons. The maximum absolute atomic E-state index is 13.4. The third-order valence-corrected chi connectivity index (χ3v) is 6.26. The minimum atomic E-state index is -0.706. The second-order valence-electron chi connectivity index (χ2n) is 11.0. The number of amides is 2. The molecule has 0 fully saturated rings. The van der Waals surface area contributed by atoms with E-state index in [0.717, 1.165) is 16.1 Å². The summed E-state index contributed by atoms with van der Waals surface area (Å²) in [5.74, 6) is -0.140. The summed E-state index contributed by atoms with van der Waals surface area (Å²) in [6.07, 6.45) is 1.67. The third kappa shape index (κ3) is 7.45. The van der Waals surface area contributed by atoms with Crippen molar-refractivity contribution in [1.82, 2.24) is 15.2 Å². The van der Waals surface area contributed by atoms with Crippen LogP contribution >= 0.6 is 11.3 Å². The van der Waals surface area contributed by atoms with E-state index in [2.05, 4.69) is 10.3 Å². The fourth-order valence-electron chi connectivity index (χ4n) is 3.78. The van der Waals surface area contributed by atoms with Gasteiger partial charge in [-0.15, -0.1) is 11.3 Å². The first-order valence-corrected chi connectivity index (χ1v) is 12.5. The molecule has 1 aromatic heterocycles. The van der Waals surface area contributed by atoms with E-state index in [1.807, 2.05) is 52.1 Å². The van der Waals surface area contributed by atoms with E-state index in [1.54, 1.807) is 40.1 Å². The normalized spacial score (nSPS) is 13.9. The van der Waals surface area contributed by atoms with Crippen LogP contribution in [0, 0.1) is 5.92 Å². The van der Waals surface area contributed by atoms with E-state index in [-0.39, 0.29) is 29.0 Å². The van der Waals surface area contributed by atoms with Crippen LogP contribution in [0.3, 0.4) is 0 Å². The number of nitrogens with one attached hydrogen (secondary N) is 1. The van der Waals surface area contributed by atoms with Crippen molar-refractivity contribution >= 4 is 23.3 Å². The van der Waals surface area contributed by atoms with Crippen LogP contribution in [-0.2, 0) is 21.4 Å². The first kappa shape index (κ1) is 27.6. The Morgan fingerprint density at radius 2 is 1.82 bits per heavy atom. The van der Waals surface area contributed by atoms with E-state index in [1.165, 1.54) is 16.2 Å². The molecule has 1 aromatic carbocycles. The molecule has 188 valence electrons. The highest BCUT2D eigenvalue weighted by Crippen LogP contribution is 2.32. The van der Waals surface area contributed by atoms with Crippen LogP contribution in [-0.4, -0.2) is 45.7 Å². The van der Waals surface area contributed by atoms with Gasteiger partial charge in [0.25, 0.3) is 0 Å². The van der Waals surface area contributed by atoms with E-state index in [0.29, 0.717) is 6.42 Å². The van der Waals surface area contributed by atoms with Gasteiger partial charge in [0.2, 0.25) is 5.91 Å². The Labute approximate surface area is 207 Å². The lowest BCUT2D eigenvalue weighted by molar-refractivity contribution is -0.128. The van der Waals surface area contributed by atoms with Crippen molar-refractivity contribution in [3.05, 3.63) is 45.9 Å². The minimum absolute atomic E-state index is 0.129. The number of carbonyl (C=O) groups is 2. The maximum Gasteiger partial charge on any atom is 0.410 e. The summed E-state index contributed by atoms with van der Waals surface area (Å²) in [4.78, 5) is 31.9.